The molecule has 0 atom stereocenters. The van der Waals surface area contributed by atoms with Gasteiger partial charge in [-0.2, -0.15) is 0 Å². The van der Waals surface area contributed by atoms with Gasteiger partial charge in [0.2, 0.25) is 0 Å². The van der Waals surface area contributed by atoms with Crippen LogP contribution in [0.25, 0.3) is 22.8 Å². The fourth-order valence-electron chi connectivity index (χ4n) is 2.26. The summed E-state index contributed by atoms with van der Waals surface area (Å²) in [5, 5.41) is 9.81. The van der Waals surface area contributed by atoms with Crippen molar-refractivity contribution in [3.05, 3.63) is 41.3 Å². The fourth-order valence-corrected chi connectivity index (χ4v) is 2.44. The van der Waals surface area contributed by atoms with E-state index in [1.54, 1.807) is 12.1 Å². The van der Waals surface area contributed by atoms with E-state index < -0.39 is 0 Å². The van der Waals surface area contributed by atoms with Crippen LogP contribution in [-0.2, 0) is 7.05 Å². The minimum Gasteiger partial charge on any atom is -0.506 e. The molecule has 0 radical (unpaired) electrons. The number of halogens is 1. The Balaban J connectivity index is 2.24. The van der Waals surface area contributed by atoms with Crippen LogP contribution >= 0.6 is 11.6 Å². The van der Waals surface area contributed by atoms with Gasteiger partial charge in [0.15, 0.2) is 5.82 Å². The highest BCUT2D eigenvalue weighted by molar-refractivity contribution is 6.32. The van der Waals surface area contributed by atoms with E-state index in [9.17, 15) is 5.11 Å². The molecular weight excluding hydrogens is 302 g/mol. The van der Waals surface area contributed by atoms with E-state index in [4.69, 9.17) is 17.3 Å². The van der Waals surface area contributed by atoms with Crippen LogP contribution in [0, 0.1) is 6.92 Å². The Morgan fingerprint density at radius 2 is 2.00 bits per heavy atom. The van der Waals surface area contributed by atoms with E-state index in [-0.39, 0.29) is 10.8 Å². The molecule has 0 saturated carbocycles. The number of nitrogens with two attached hydrogens (primary N) is 1. The van der Waals surface area contributed by atoms with Crippen molar-refractivity contribution >= 4 is 17.4 Å². The molecule has 0 bridgehead atoms. The zero-order valence-electron chi connectivity index (χ0n) is 12.1. The number of nitrogens with zero attached hydrogens (tertiary/aromatic N) is 4. The summed E-state index contributed by atoms with van der Waals surface area (Å²) in [6, 6.07) is 4.88. The van der Waals surface area contributed by atoms with E-state index in [1.165, 1.54) is 12.3 Å². The second-order valence-electron chi connectivity index (χ2n) is 4.98. The van der Waals surface area contributed by atoms with Gasteiger partial charge >= 0.3 is 0 Å². The van der Waals surface area contributed by atoms with E-state index in [2.05, 4.69) is 15.0 Å². The third-order valence-corrected chi connectivity index (χ3v) is 3.52. The fraction of sp³-hybridized carbons (Fsp3) is 0.133. The molecule has 3 rings (SSSR count). The van der Waals surface area contributed by atoms with Crippen LogP contribution in [0.5, 0.6) is 5.75 Å². The maximum Gasteiger partial charge on any atom is 0.161 e. The quantitative estimate of drug-likeness (QED) is 0.759. The number of hydrogen-bond acceptors (Lipinski definition) is 5. The first-order valence-electron chi connectivity index (χ1n) is 6.57. The maximum atomic E-state index is 9.56. The monoisotopic (exact) mass is 315 g/mol. The molecule has 3 aromatic rings. The number of anilines is 1. The largest absolute Gasteiger partial charge is 0.506 e. The summed E-state index contributed by atoms with van der Waals surface area (Å²) < 4.78 is 1.87. The zero-order chi connectivity index (χ0) is 15.9. The average Bonchev–Trinajstić information content (AvgIpc) is 2.81. The van der Waals surface area contributed by atoms with Crippen molar-refractivity contribution in [1.29, 1.82) is 0 Å². The molecule has 0 saturated heterocycles. The smallest absolute Gasteiger partial charge is 0.161 e. The Labute approximate surface area is 132 Å². The van der Waals surface area contributed by atoms with Gasteiger partial charge < -0.3 is 15.4 Å². The molecule has 2 aromatic heterocycles. The van der Waals surface area contributed by atoms with Crippen LogP contribution in [-0.4, -0.2) is 24.6 Å². The topological polar surface area (TPSA) is 89.9 Å². The van der Waals surface area contributed by atoms with Crippen LogP contribution in [0.2, 0.25) is 5.02 Å². The van der Waals surface area contributed by atoms with E-state index >= 15 is 0 Å². The van der Waals surface area contributed by atoms with Crippen molar-refractivity contribution in [3.8, 4) is 28.5 Å². The summed E-state index contributed by atoms with van der Waals surface area (Å²) in [6.07, 6.45) is 3.38. The SMILES string of the molecule is Cc1cn(C)c(-c2nc(N)cnc2-c2ccc(O)c(Cl)c2)n1. The van der Waals surface area contributed by atoms with Crippen molar-refractivity contribution in [3.63, 3.8) is 0 Å². The molecule has 112 valence electrons. The molecular formula is C15H14ClN5O. The van der Waals surface area contributed by atoms with Gasteiger partial charge in [0.1, 0.15) is 17.3 Å². The van der Waals surface area contributed by atoms with Crippen LogP contribution in [0.3, 0.4) is 0 Å². The zero-order valence-corrected chi connectivity index (χ0v) is 12.8. The predicted molar refractivity (Wildman–Crippen MR) is 85.5 cm³/mol. The van der Waals surface area contributed by atoms with Gasteiger partial charge in [0, 0.05) is 18.8 Å². The van der Waals surface area contributed by atoms with Crippen LogP contribution in [0.1, 0.15) is 5.69 Å². The minimum absolute atomic E-state index is 0.0169. The first kappa shape index (κ1) is 14.3. The van der Waals surface area contributed by atoms with Gasteiger partial charge in [-0.25, -0.2) is 15.0 Å². The van der Waals surface area contributed by atoms with Crippen molar-refractivity contribution in [1.82, 2.24) is 19.5 Å². The number of hydrogen-bond donors (Lipinski definition) is 2. The van der Waals surface area contributed by atoms with E-state index in [0.29, 0.717) is 23.0 Å². The van der Waals surface area contributed by atoms with Crippen LogP contribution in [0.15, 0.2) is 30.6 Å². The lowest BCUT2D eigenvalue weighted by atomic mass is 10.1. The standard InChI is InChI=1S/C15H14ClN5O/c1-8-7-21(2)15(19-8)14-13(18-6-12(17)20-14)9-3-4-11(22)10(16)5-9/h3-7,22H,1-2H3,(H2,17,20). The molecule has 22 heavy (non-hydrogen) atoms. The summed E-state index contributed by atoms with van der Waals surface area (Å²) in [7, 11) is 1.88. The summed E-state index contributed by atoms with van der Waals surface area (Å²) in [4.78, 5) is 13.2. The molecule has 0 aliphatic heterocycles. The molecule has 0 amide bonds. The Morgan fingerprint density at radius 3 is 2.64 bits per heavy atom. The van der Waals surface area contributed by atoms with Gasteiger partial charge in [0.05, 0.1) is 22.6 Å². The maximum absolute atomic E-state index is 9.56. The number of phenols is 1. The Kier molecular flexibility index (Phi) is 3.46. The molecule has 6 nitrogen and oxygen atoms in total. The van der Waals surface area contributed by atoms with Gasteiger partial charge in [0.25, 0.3) is 0 Å². The molecule has 7 heteroatoms. The first-order valence-corrected chi connectivity index (χ1v) is 6.95. The average molecular weight is 316 g/mol. The predicted octanol–water partition coefficient (Wildman–Crippen LogP) is 2.79. The highest BCUT2D eigenvalue weighted by atomic mass is 35.5. The summed E-state index contributed by atoms with van der Waals surface area (Å²) in [5.74, 6) is 0.990. The van der Waals surface area contributed by atoms with Gasteiger partial charge in [-0.1, -0.05) is 11.6 Å². The summed E-state index contributed by atoms with van der Waals surface area (Å²) in [6.45, 7) is 1.90. The highest BCUT2D eigenvalue weighted by Crippen LogP contribution is 2.33. The number of rotatable bonds is 2. The van der Waals surface area contributed by atoms with Gasteiger partial charge in [-0.05, 0) is 25.1 Å². The van der Waals surface area contributed by atoms with Crippen molar-refractivity contribution < 1.29 is 5.11 Å². The summed E-state index contributed by atoms with van der Waals surface area (Å²) in [5.41, 5.74) is 8.55. The first-order chi connectivity index (χ1) is 10.5. The molecule has 3 N–H and O–H groups in total. The Hall–Kier alpha value is -2.60. The van der Waals surface area contributed by atoms with Crippen LogP contribution < -0.4 is 5.73 Å². The number of phenolic OH excluding ortho intramolecular Hbond substituents is 1. The van der Waals surface area contributed by atoms with Gasteiger partial charge in [-0.3, -0.25) is 0 Å². The lowest BCUT2D eigenvalue weighted by Crippen LogP contribution is -2.02. The second kappa shape index (κ2) is 5.31. The molecule has 0 aliphatic rings. The number of aromatic nitrogens is 4. The normalized spacial score (nSPS) is 10.9. The number of aryl methyl sites for hydroxylation is 2. The second-order valence-corrected chi connectivity index (χ2v) is 5.38. The molecule has 0 aliphatic carbocycles. The summed E-state index contributed by atoms with van der Waals surface area (Å²) >= 11 is 5.99. The van der Waals surface area contributed by atoms with Crippen molar-refractivity contribution in [2.45, 2.75) is 6.92 Å². The third kappa shape index (κ3) is 2.48. The number of benzene rings is 1. The van der Waals surface area contributed by atoms with E-state index in [1.807, 2.05) is 24.7 Å². The number of nitrogen functional groups attached to an aromatic ring is 1. The Morgan fingerprint density at radius 1 is 1.23 bits per heavy atom. The van der Waals surface area contributed by atoms with E-state index in [0.717, 1.165) is 11.3 Å². The van der Waals surface area contributed by atoms with Gasteiger partial charge in [-0.15, -0.1) is 0 Å². The number of aromatic hydroxyl groups is 1. The third-order valence-electron chi connectivity index (χ3n) is 3.22. The number of imidazole rings is 1. The molecule has 1 aromatic carbocycles. The van der Waals surface area contributed by atoms with Crippen LogP contribution in [0.4, 0.5) is 5.82 Å². The molecule has 0 unspecified atom stereocenters. The van der Waals surface area contributed by atoms with Crippen molar-refractivity contribution in [2.75, 3.05) is 5.73 Å². The molecule has 0 spiro atoms. The highest BCUT2D eigenvalue weighted by Gasteiger charge is 2.17. The lowest BCUT2D eigenvalue weighted by molar-refractivity contribution is 0.475. The molecule has 0 fully saturated rings. The Bertz CT molecular complexity index is 859. The molecule has 2 heterocycles. The van der Waals surface area contributed by atoms with Crippen molar-refractivity contribution in [2.24, 2.45) is 7.05 Å². The minimum atomic E-state index is 0.0169. The lowest BCUT2D eigenvalue weighted by Gasteiger charge is -2.09.